The second-order valence-electron chi connectivity index (χ2n) is 7.51. The fourth-order valence-electron chi connectivity index (χ4n) is 3.92. The summed E-state index contributed by atoms with van der Waals surface area (Å²) in [4.78, 5) is 19.1. The molecule has 2 heterocycles. The van der Waals surface area contributed by atoms with Crippen molar-refractivity contribution in [3.8, 4) is 6.07 Å². The molecule has 1 amide bonds. The molecule has 0 unspecified atom stereocenters. The zero-order chi connectivity index (χ0) is 19.9. The van der Waals surface area contributed by atoms with Gasteiger partial charge in [-0.2, -0.15) is 5.26 Å². The van der Waals surface area contributed by atoms with Crippen molar-refractivity contribution in [1.29, 1.82) is 5.26 Å². The molecule has 1 fully saturated rings. The molecule has 1 atom stereocenters. The minimum absolute atomic E-state index is 0.106. The van der Waals surface area contributed by atoms with Gasteiger partial charge < -0.3 is 5.32 Å². The SMILES string of the molecule is C[C@H](NC(=O)C1(N2CCc3ccc(F)cc3C2)CC1)c1ncc(C#N)cc1F. The number of benzene rings is 1. The van der Waals surface area contributed by atoms with Crippen LogP contribution in [0.5, 0.6) is 0 Å². The van der Waals surface area contributed by atoms with Gasteiger partial charge in [-0.3, -0.25) is 14.7 Å². The molecule has 28 heavy (non-hydrogen) atoms. The van der Waals surface area contributed by atoms with Gasteiger partial charge in [0.05, 0.1) is 17.3 Å². The number of aromatic nitrogens is 1. The Hall–Kier alpha value is -2.85. The second kappa shape index (κ2) is 6.95. The van der Waals surface area contributed by atoms with Crippen LogP contribution in [0.1, 0.15) is 48.2 Å². The number of carbonyl (C=O) groups is 1. The molecule has 0 bridgehead atoms. The Bertz CT molecular complexity index is 981. The predicted octanol–water partition coefficient (Wildman–Crippen LogP) is 3.00. The number of pyridine rings is 1. The Morgan fingerprint density at radius 1 is 1.32 bits per heavy atom. The van der Waals surface area contributed by atoms with Gasteiger partial charge >= 0.3 is 0 Å². The van der Waals surface area contributed by atoms with Gasteiger partial charge in [0, 0.05) is 19.3 Å². The summed E-state index contributed by atoms with van der Waals surface area (Å²) in [5.41, 5.74) is 1.65. The van der Waals surface area contributed by atoms with E-state index < -0.39 is 17.4 Å². The van der Waals surface area contributed by atoms with Crippen molar-refractivity contribution >= 4 is 5.91 Å². The number of nitriles is 1. The third-order valence-electron chi connectivity index (χ3n) is 5.69. The first-order valence-corrected chi connectivity index (χ1v) is 9.32. The van der Waals surface area contributed by atoms with Crippen molar-refractivity contribution in [2.75, 3.05) is 6.54 Å². The van der Waals surface area contributed by atoms with E-state index in [1.165, 1.54) is 18.3 Å². The van der Waals surface area contributed by atoms with Crippen molar-refractivity contribution in [2.24, 2.45) is 0 Å². The molecule has 1 saturated carbocycles. The minimum atomic E-state index is -0.624. The quantitative estimate of drug-likeness (QED) is 0.883. The minimum Gasteiger partial charge on any atom is -0.346 e. The van der Waals surface area contributed by atoms with Crippen molar-refractivity contribution in [3.05, 3.63) is 64.5 Å². The summed E-state index contributed by atoms with van der Waals surface area (Å²) in [5, 5.41) is 11.7. The lowest BCUT2D eigenvalue weighted by Gasteiger charge is -2.35. The Labute approximate surface area is 162 Å². The highest BCUT2D eigenvalue weighted by Crippen LogP contribution is 2.44. The van der Waals surface area contributed by atoms with Gasteiger partial charge in [0.2, 0.25) is 5.91 Å². The maximum atomic E-state index is 14.2. The number of hydrogen-bond acceptors (Lipinski definition) is 4. The van der Waals surface area contributed by atoms with E-state index in [1.807, 2.05) is 12.1 Å². The van der Waals surface area contributed by atoms with Gasteiger partial charge in [-0.15, -0.1) is 0 Å². The lowest BCUT2D eigenvalue weighted by Crippen LogP contribution is -2.51. The van der Waals surface area contributed by atoms with Gasteiger partial charge in [0.15, 0.2) is 0 Å². The Balaban J connectivity index is 1.48. The van der Waals surface area contributed by atoms with Gasteiger partial charge in [-0.25, -0.2) is 8.78 Å². The first-order valence-electron chi connectivity index (χ1n) is 9.32. The van der Waals surface area contributed by atoms with Crippen LogP contribution in [-0.4, -0.2) is 27.9 Å². The highest BCUT2D eigenvalue weighted by molar-refractivity contribution is 5.89. The first-order chi connectivity index (χ1) is 13.4. The van der Waals surface area contributed by atoms with E-state index in [9.17, 15) is 13.6 Å². The molecule has 1 aromatic heterocycles. The zero-order valence-corrected chi connectivity index (χ0v) is 15.5. The van der Waals surface area contributed by atoms with Crippen LogP contribution in [0, 0.1) is 23.0 Å². The Kier molecular flexibility index (Phi) is 4.60. The van der Waals surface area contributed by atoms with Gasteiger partial charge in [0.25, 0.3) is 0 Å². The molecule has 1 aliphatic heterocycles. The van der Waals surface area contributed by atoms with Crippen LogP contribution in [-0.2, 0) is 17.8 Å². The maximum absolute atomic E-state index is 14.2. The van der Waals surface area contributed by atoms with E-state index in [4.69, 9.17) is 5.26 Å². The number of hydrogen-bond donors (Lipinski definition) is 1. The molecule has 1 aromatic carbocycles. The predicted molar refractivity (Wildman–Crippen MR) is 97.9 cm³/mol. The molecule has 0 radical (unpaired) electrons. The van der Waals surface area contributed by atoms with E-state index in [1.54, 1.807) is 6.92 Å². The fraction of sp³-hybridized carbons (Fsp3) is 0.381. The smallest absolute Gasteiger partial charge is 0.241 e. The number of nitrogens with zero attached hydrogens (tertiary/aromatic N) is 3. The highest BCUT2D eigenvalue weighted by atomic mass is 19.1. The van der Waals surface area contributed by atoms with E-state index in [0.29, 0.717) is 6.54 Å². The largest absolute Gasteiger partial charge is 0.346 e. The lowest BCUT2D eigenvalue weighted by atomic mass is 9.97. The summed E-state index contributed by atoms with van der Waals surface area (Å²) in [6.07, 6.45) is 3.51. The fourth-order valence-corrected chi connectivity index (χ4v) is 3.92. The van der Waals surface area contributed by atoms with E-state index in [-0.39, 0.29) is 23.0 Å². The maximum Gasteiger partial charge on any atom is 0.241 e. The van der Waals surface area contributed by atoms with E-state index in [2.05, 4.69) is 15.2 Å². The van der Waals surface area contributed by atoms with Crippen LogP contribution in [0.15, 0.2) is 30.5 Å². The number of halogens is 2. The first kappa shape index (κ1) is 18.5. The van der Waals surface area contributed by atoms with Crippen molar-refractivity contribution < 1.29 is 13.6 Å². The summed E-state index contributed by atoms with van der Waals surface area (Å²) in [7, 11) is 0. The second-order valence-corrected chi connectivity index (χ2v) is 7.51. The average molecular weight is 382 g/mol. The van der Waals surface area contributed by atoms with Crippen molar-refractivity contribution in [3.63, 3.8) is 0 Å². The van der Waals surface area contributed by atoms with Gasteiger partial charge in [0.1, 0.15) is 23.2 Å². The normalized spacial score (nSPS) is 18.6. The summed E-state index contributed by atoms with van der Waals surface area (Å²) in [6, 6.07) is 7.15. The standard InChI is InChI=1S/C21H20F2N4O/c1-13(19-18(23)8-14(10-24)11-25-19)26-20(28)21(5-6-21)27-7-4-15-2-3-17(22)9-16(15)12-27/h2-3,8-9,11,13H,4-7,12H2,1H3,(H,26,28)/t13-/m0/s1. The lowest BCUT2D eigenvalue weighted by molar-refractivity contribution is -0.129. The van der Waals surface area contributed by atoms with E-state index >= 15 is 0 Å². The summed E-state index contributed by atoms with van der Waals surface area (Å²) in [5.74, 6) is -1.05. The highest BCUT2D eigenvalue weighted by Gasteiger charge is 2.55. The van der Waals surface area contributed by atoms with Crippen LogP contribution in [0.2, 0.25) is 0 Å². The summed E-state index contributed by atoms with van der Waals surface area (Å²) < 4.78 is 27.8. The number of fused-ring (bicyclic) bond motifs is 1. The van der Waals surface area contributed by atoms with Crippen LogP contribution < -0.4 is 5.32 Å². The van der Waals surface area contributed by atoms with E-state index in [0.717, 1.165) is 43.0 Å². The van der Waals surface area contributed by atoms with Crippen molar-refractivity contribution in [2.45, 2.75) is 44.3 Å². The molecule has 144 valence electrons. The monoisotopic (exact) mass is 382 g/mol. The summed E-state index contributed by atoms with van der Waals surface area (Å²) in [6.45, 7) is 2.93. The number of amides is 1. The van der Waals surface area contributed by atoms with Crippen LogP contribution in [0.25, 0.3) is 0 Å². The number of carbonyl (C=O) groups excluding carboxylic acids is 1. The van der Waals surface area contributed by atoms with Crippen LogP contribution in [0.3, 0.4) is 0 Å². The van der Waals surface area contributed by atoms with Crippen LogP contribution in [0.4, 0.5) is 8.78 Å². The Morgan fingerprint density at radius 3 is 2.79 bits per heavy atom. The molecule has 1 aliphatic carbocycles. The molecule has 5 nitrogen and oxygen atoms in total. The summed E-state index contributed by atoms with van der Waals surface area (Å²) >= 11 is 0. The number of rotatable bonds is 4. The topological polar surface area (TPSA) is 69.0 Å². The molecule has 1 N–H and O–H groups in total. The molecule has 4 rings (SSSR count). The molecule has 0 spiro atoms. The van der Waals surface area contributed by atoms with Crippen molar-refractivity contribution in [1.82, 2.24) is 15.2 Å². The molecular weight excluding hydrogens is 362 g/mol. The molecule has 0 saturated heterocycles. The third-order valence-corrected chi connectivity index (χ3v) is 5.69. The average Bonchev–Trinajstić information content (AvgIpc) is 3.49. The Morgan fingerprint density at radius 2 is 2.11 bits per heavy atom. The molecule has 2 aromatic rings. The molecular formula is C21H20F2N4O. The molecule has 7 heteroatoms. The number of nitrogens with one attached hydrogen (secondary N) is 1. The third kappa shape index (κ3) is 3.25. The van der Waals surface area contributed by atoms with Gasteiger partial charge in [-0.05, 0) is 55.5 Å². The molecule has 2 aliphatic rings. The zero-order valence-electron chi connectivity index (χ0n) is 15.5. The van der Waals surface area contributed by atoms with Gasteiger partial charge in [-0.1, -0.05) is 6.07 Å². The van der Waals surface area contributed by atoms with Crippen LogP contribution >= 0.6 is 0 Å².